The van der Waals surface area contributed by atoms with Gasteiger partial charge >= 0.3 is 17.9 Å². The molecule has 0 N–H and O–H groups in total. The van der Waals surface area contributed by atoms with Crippen molar-refractivity contribution in [2.24, 2.45) is 0 Å². The number of hydrogen-bond donors (Lipinski definition) is 0. The SMILES string of the molecule is CC/C=C\C/C=C\C/C=C\C/C=C\C/C=C\C/C=C\C/C=C\CCCCCCCCCC(=O)OCC(COC(=O)CCCCC/C=C\C/C=C\C/C=C\CC)OC(=O)CCCCCCCCC/C=C\C/C=C\C/C=C\C/C=C\C/C=C\CC. The summed E-state index contributed by atoms with van der Waals surface area (Å²) < 4.78 is 16.9. The van der Waals surface area contributed by atoms with Gasteiger partial charge in [-0.05, 0) is 154 Å². The fourth-order valence-electron chi connectivity index (χ4n) is 8.52. The molecular formula is C77H120O6. The van der Waals surface area contributed by atoms with Crippen LogP contribution in [0.1, 0.15) is 265 Å². The second-order valence-electron chi connectivity index (χ2n) is 21.2. The average molecular weight is 1140 g/mol. The first-order chi connectivity index (χ1) is 41.0. The summed E-state index contributed by atoms with van der Waals surface area (Å²) in [6.45, 7) is 6.25. The third kappa shape index (κ3) is 67.2. The van der Waals surface area contributed by atoms with Crippen LogP contribution in [0.5, 0.6) is 0 Å². The molecule has 0 aromatic heterocycles. The van der Waals surface area contributed by atoms with Gasteiger partial charge in [-0.2, -0.15) is 0 Å². The molecule has 0 saturated heterocycles. The lowest BCUT2D eigenvalue weighted by Crippen LogP contribution is -2.30. The number of unbranched alkanes of at least 4 members (excludes halogenated alkanes) is 17. The molecule has 0 aliphatic rings. The van der Waals surface area contributed by atoms with Gasteiger partial charge in [0.05, 0.1) is 0 Å². The van der Waals surface area contributed by atoms with Crippen LogP contribution in [0.25, 0.3) is 0 Å². The highest BCUT2D eigenvalue weighted by molar-refractivity contribution is 5.71. The van der Waals surface area contributed by atoms with Crippen LogP contribution >= 0.6 is 0 Å². The van der Waals surface area contributed by atoms with E-state index in [1.165, 1.54) is 44.9 Å². The quantitative estimate of drug-likeness (QED) is 0.0261. The molecule has 0 aromatic carbocycles. The Labute approximate surface area is 510 Å². The molecule has 0 heterocycles. The molecule has 0 spiro atoms. The van der Waals surface area contributed by atoms with Gasteiger partial charge in [-0.3, -0.25) is 14.4 Å². The van der Waals surface area contributed by atoms with E-state index >= 15 is 0 Å². The summed E-state index contributed by atoms with van der Waals surface area (Å²) in [7, 11) is 0. The van der Waals surface area contributed by atoms with Crippen LogP contribution in [0, 0.1) is 0 Å². The van der Waals surface area contributed by atoms with Gasteiger partial charge in [0.1, 0.15) is 13.2 Å². The Kier molecular flexibility index (Phi) is 64.4. The normalized spacial score (nSPS) is 13.3. The second-order valence-corrected chi connectivity index (χ2v) is 21.2. The zero-order valence-corrected chi connectivity index (χ0v) is 53.1. The molecule has 1 atom stereocenters. The fraction of sp³-hybridized carbons (Fsp3) is 0.571. The Morgan fingerprint density at radius 3 is 0.687 bits per heavy atom. The number of allylic oxidation sites excluding steroid dienone is 30. The van der Waals surface area contributed by atoms with Crippen LogP contribution in [0.2, 0.25) is 0 Å². The first-order valence-electron chi connectivity index (χ1n) is 33.3. The Hall–Kier alpha value is -5.49. The Morgan fingerprint density at radius 2 is 0.434 bits per heavy atom. The maximum atomic E-state index is 12.9. The topological polar surface area (TPSA) is 78.9 Å². The minimum atomic E-state index is -0.813. The van der Waals surface area contributed by atoms with Crippen LogP contribution in [0.4, 0.5) is 0 Å². The molecule has 464 valence electrons. The van der Waals surface area contributed by atoms with Crippen molar-refractivity contribution in [1.82, 2.24) is 0 Å². The van der Waals surface area contributed by atoms with Gasteiger partial charge < -0.3 is 14.2 Å². The highest BCUT2D eigenvalue weighted by Crippen LogP contribution is 2.14. The van der Waals surface area contributed by atoms with Crippen LogP contribution < -0.4 is 0 Å². The van der Waals surface area contributed by atoms with Crippen molar-refractivity contribution in [3.05, 3.63) is 182 Å². The minimum absolute atomic E-state index is 0.107. The van der Waals surface area contributed by atoms with E-state index in [1.54, 1.807) is 0 Å². The summed E-state index contributed by atoms with van der Waals surface area (Å²) in [6.07, 6.45) is 103. The maximum Gasteiger partial charge on any atom is 0.306 e. The molecule has 0 aromatic rings. The molecule has 0 saturated carbocycles. The van der Waals surface area contributed by atoms with Gasteiger partial charge in [-0.1, -0.05) is 274 Å². The standard InChI is InChI=1S/C77H120O6/c1-4-7-10-13-16-19-22-25-27-29-31-33-35-36-37-38-39-40-42-43-45-47-49-52-55-58-61-64-67-70-76(79)82-73-74(72-81-75(78)69-66-63-60-57-54-51-24-21-18-15-12-9-6-3)83-77(80)71-68-65-62-59-56-53-50-48-46-44-41-34-32-30-28-26-23-20-17-14-11-8-5-2/h7-12,16-21,25-28,31-34,36-37,39-40,43-46,51,54,74H,4-6,13-15,22-24,29-30,35,38,41-42,47-50,52-53,55-73H2,1-3H3/b10-7-,11-8-,12-9-,19-16-,20-17-,21-18-,27-25-,28-26-,33-31-,34-32-,37-36-,40-39-,45-43-,46-44-,54-51-. The molecule has 1 unspecified atom stereocenters. The monoisotopic (exact) mass is 1140 g/mol. The van der Waals surface area contributed by atoms with E-state index < -0.39 is 6.10 Å². The summed E-state index contributed by atoms with van der Waals surface area (Å²) in [6, 6.07) is 0. The molecule has 6 heteroatoms. The lowest BCUT2D eigenvalue weighted by Gasteiger charge is -2.18. The van der Waals surface area contributed by atoms with E-state index in [9.17, 15) is 14.4 Å². The highest BCUT2D eigenvalue weighted by Gasteiger charge is 2.19. The zero-order chi connectivity index (χ0) is 59.9. The Balaban J connectivity index is 4.42. The lowest BCUT2D eigenvalue weighted by molar-refractivity contribution is -0.167. The maximum absolute atomic E-state index is 12.9. The van der Waals surface area contributed by atoms with E-state index in [4.69, 9.17) is 14.2 Å². The van der Waals surface area contributed by atoms with Gasteiger partial charge in [0.25, 0.3) is 0 Å². The summed E-state index contributed by atoms with van der Waals surface area (Å²) in [5.41, 5.74) is 0. The molecular weight excluding hydrogens is 1020 g/mol. The molecule has 0 aliphatic heterocycles. The van der Waals surface area contributed by atoms with E-state index in [2.05, 4.69) is 203 Å². The molecule has 0 radical (unpaired) electrons. The summed E-state index contributed by atoms with van der Waals surface area (Å²) in [5.74, 6) is -0.963. The molecule has 83 heavy (non-hydrogen) atoms. The van der Waals surface area contributed by atoms with E-state index in [0.717, 1.165) is 180 Å². The van der Waals surface area contributed by atoms with E-state index in [1.807, 2.05) is 0 Å². The third-order valence-corrected chi connectivity index (χ3v) is 13.4. The van der Waals surface area contributed by atoms with Gasteiger partial charge in [0.2, 0.25) is 0 Å². The van der Waals surface area contributed by atoms with Crippen LogP contribution in [-0.2, 0) is 28.6 Å². The Bertz CT molecular complexity index is 1940. The van der Waals surface area contributed by atoms with Gasteiger partial charge in [-0.25, -0.2) is 0 Å². The first-order valence-corrected chi connectivity index (χ1v) is 33.3. The summed E-state index contributed by atoms with van der Waals surface area (Å²) in [4.78, 5) is 38.4. The summed E-state index contributed by atoms with van der Waals surface area (Å²) >= 11 is 0. The fourth-order valence-corrected chi connectivity index (χ4v) is 8.52. The molecule has 0 bridgehead atoms. The Morgan fingerprint density at radius 1 is 0.241 bits per heavy atom. The lowest BCUT2D eigenvalue weighted by atomic mass is 10.1. The number of hydrogen-bond acceptors (Lipinski definition) is 6. The van der Waals surface area contributed by atoms with Crippen molar-refractivity contribution < 1.29 is 28.6 Å². The molecule has 0 amide bonds. The number of carbonyl (C=O) groups is 3. The third-order valence-electron chi connectivity index (χ3n) is 13.4. The number of esters is 3. The molecule has 0 aliphatic carbocycles. The molecule has 0 rings (SSSR count). The van der Waals surface area contributed by atoms with Gasteiger partial charge in [0, 0.05) is 19.3 Å². The van der Waals surface area contributed by atoms with Crippen molar-refractivity contribution in [2.45, 2.75) is 271 Å². The number of rotatable bonds is 58. The van der Waals surface area contributed by atoms with E-state index in [0.29, 0.717) is 19.3 Å². The molecule has 6 nitrogen and oxygen atoms in total. The smallest absolute Gasteiger partial charge is 0.306 e. The van der Waals surface area contributed by atoms with E-state index in [-0.39, 0.29) is 31.1 Å². The second kappa shape index (κ2) is 69.0. The van der Waals surface area contributed by atoms with Crippen LogP contribution in [0.15, 0.2) is 182 Å². The zero-order valence-electron chi connectivity index (χ0n) is 53.1. The average Bonchev–Trinajstić information content (AvgIpc) is 3.49. The van der Waals surface area contributed by atoms with Crippen LogP contribution in [-0.4, -0.2) is 37.2 Å². The van der Waals surface area contributed by atoms with Crippen molar-refractivity contribution in [1.29, 1.82) is 0 Å². The van der Waals surface area contributed by atoms with Crippen LogP contribution in [0.3, 0.4) is 0 Å². The predicted molar refractivity (Wildman–Crippen MR) is 361 cm³/mol. The van der Waals surface area contributed by atoms with Crippen molar-refractivity contribution >= 4 is 17.9 Å². The van der Waals surface area contributed by atoms with Crippen molar-refractivity contribution in [3.8, 4) is 0 Å². The number of ether oxygens (including phenoxy) is 3. The highest BCUT2D eigenvalue weighted by atomic mass is 16.6. The van der Waals surface area contributed by atoms with Gasteiger partial charge in [0.15, 0.2) is 6.10 Å². The largest absolute Gasteiger partial charge is 0.462 e. The molecule has 0 fully saturated rings. The van der Waals surface area contributed by atoms with Gasteiger partial charge in [-0.15, -0.1) is 0 Å². The first kappa shape index (κ1) is 77.5. The predicted octanol–water partition coefficient (Wildman–Crippen LogP) is 23.2. The number of carbonyl (C=O) groups excluding carboxylic acids is 3. The minimum Gasteiger partial charge on any atom is -0.462 e. The van der Waals surface area contributed by atoms with Crippen molar-refractivity contribution in [2.75, 3.05) is 13.2 Å². The van der Waals surface area contributed by atoms with Crippen molar-refractivity contribution in [3.63, 3.8) is 0 Å². The summed E-state index contributed by atoms with van der Waals surface area (Å²) in [5, 5.41) is 0.